The SMILES string of the molecule is C=CC1=CC2Cc3[nH+]c4cc(Cl)ccc4c(N)c3C(C1)C2. The van der Waals surface area contributed by atoms with Crippen LogP contribution in [0.1, 0.15) is 30.0 Å². The summed E-state index contributed by atoms with van der Waals surface area (Å²) >= 11 is 6.11. The highest BCUT2D eigenvalue weighted by molar-refractivity contribution is 6.31. The van der Waals surface area contributed by atoms with Gasteiger partial charge in [0.2, 0.25) is 5.52 Å². The van der Waals surface area contributed by atoms with Gasteiger partial charge in [0.1, 0.15) is 0 Å². The van der Waals surface area contributed by atoms with Crippen molar-refractivity contribution in [3.63, 3.8) is 0 Å². The van der Waals surface area contributed by atoms with Crippen LogP contribution < -0.4 is 10.7 Å². The normalized spacial score (nSPS) is 23.6. The predicted molar refractivity (Wildman–Crippen MR) is 87.4 cm³/mol. The van der Waals surface area contributed by atoms with E-state index in [2.05, 4.69) is 17.6 Å². The van der Waals surface area contributed by atoms with Crippen LogP contribution in [-0.4, -0.2) is 0 Å². The number of rotatable bonds is 1. The number of nitrogen functional groups attached to an aromatic ring is 1. The maximum atomic E-state index is 6.50. The van der Waals surface area contributed by atoms with Gasteiger partial charge in [-0.1, -0.05) is 35.9 Å². The standard InChI is InChI=1S/C18H17ClN2/c1-2-10-5-11-7-12(6-10)17-16(8-11)21-15-9-13(19)3-4-14(15)18(17)20/h2-5,9,11-12H,1,6-8H2,(H2,20,21)/p+1. The van der Waals surface area contributed by atoms with Crippen LogP contribution in [0.2, 0.25) is 5.02 Å². The summed E-state index contributed by atoms with van der Waals surface area (Å²) in [5.74, 6) is 1.10. The average molecular weight is 298 g/mol. The number of H-pyrrole nitrogens is 1. The number of nitrogens with one attached hydrogen (secondary N) is 1. The minimum atomic E-state index is 0.507. The molecular weight excluding hydrogens is 280 g/mol. The number of anilines is 1. The lowest BCUT2D eigenvalue weighted by atomic mass is 9.71. The zero-order valence-electron chi connectivity index (χ0n) is 11.8. The molecule has 2 aromatic rings. The quantitative estimate of drug-likeness (QED) is 0.847. The molecule has 2 nitrogen and oxygen atoms in total. The van der Waals surface area contributed by atoms with Crippen LogP contribution in [0.3, 0.4) is 0 Å². The van der Waals surface area contributed by atoms with Crippen molar-refractivity contribution in [1.29, 1.82) is 0 Å². The first-order chi connectivity index (χ1) is 10.2. The van der Waals surface area contributed by atoms with Crippen molar-refractivity contribution in [2.24, 2.45) is 5.92 Å². The molecule has 1 aromatic carbocycles. The number of aromatic amines is 1. The van der Waals surface area contributed by atoms with Gasteiger partial charge in [0.25, 0.3) is 0 Å². The molecule has 0 saturated heterocycles. The Balaban J connectivity index is 1.94. The molecule has 2 bridgehead atoms. The lowest BCUT2D eigenvalue weighted by Gasteiger charge is -2.33. The Morgan fingerprint density at radius 2 is 2.19 bits per heavy atom. The molecule has 0 saturated carbocycles. The highest BCUT2D eigenvalue weighted by atomic mass is 35.5. The van der Waals surface area contributed by atoms with E-state index in [9.17, 15) is 0 Å². The zero-order valence-corrected chi connectivity index (χ0v) is 12.6. The van der Waals surface area contributed by atoms with Gasteiger partial charge in [-0.2, -0.15) is 0 Å². The second-order valence-corrected chi connectivity index (χ2v) is 6.60. The minimum Gasteiger partial charge on any atom is -0.398 e. The Labute approximate surface area is 129 Å². The molecule has 2 aliphatic carbocycles. The number of aromatic nitrogens is 1. The van der Waals surface area contributed by atoms with E-state index >= 15 is 0 Å². The zero-order chi connectivity index (χ0) is 14.6. The van der Waals surface area contributed by atoms with E-state index in [-0.39, 0.29) is 0 Å². The number of benzene rings is 1. The Bertz CT molecular complexity index is 791. The third-order valence-corrected chi connectivity index (χ3v) is 5.06. The number of allylic oxidation sites excluding steroid dienone is 3. The first-order valence-corrected chi connectivity index (χ1v) is 7.79. The van der Waals surface area contributed by atoms with Gasteiger partial charge < -0.3 is 5.73 Å². The Morgan fingerprint density at radius 1 is 1.33 bits per heavy atom. The molecule has 0 aliphatic heterocycles. The fourth-order valence-electron chi connectivity index (χ4n) is 3.97. The number of hydrogen-bond acceptors (Lipinski definition) is 1. The first kappa shape index (κ1) is 12.9. The fourth-order valence-corrected chi connectivity index (χ4v) is 4.14. The molecule has 1 heterocycles. The van der Waals surface area contributed by atoms with Crippen molar-refractivity contribution >= 4 is 28.2 Å². The number of pyridine rings is 1. The van der Waals surface area contributed by atoms with E-state index in [4.69, 9.17) is 17.3 Å². The van der Waals surface area contributed by atoms with Crippen LogP contribution >= 0.6 is 11.6 Å². The second kappa shape index (κ2) is 4.60. The molecule has 21 heavy (non-hydrogen) atoms. The first-order valence-electron chi connectivity index (χ1n) is 7.41. The van der Waals surface area contributed by atoms with E-state index in [0.29, 0.717) is 11.8 Å². The van der Waals surface area contributed by atoms with Crippen molar-refractivity contribution in [2.75, 3.05) is 5.73 Å². The lowest BCUT2D eigenvalue weighted by molar-refractivity contribution is -0.360. The third kappa shape index (κ3) is 1.97. The molecule has 2 atom stereocenters. The van der Waals surface area contributed by atoms with Crippen LogP contribution in [0.25, 0.3) is 10.9 Å². The van der Waals surface area contributed by atoms with Gasteiger partial charge in [-0.05, 0) is 36.8 Å². The summed E-state index contributed by atoms with van der Waals surface area (Å²) in [5, 5.41) is 1.81. The van der Waals surface area contributed by atoms with Crippen molar-refractivity contribution in [3.8, 4) is 0 Å². The molecule has 3 heteroatoms. The van der Waals surface area contributed by atoms with Crippen molar-refractivity contribution in [2.45, 2.75) is 25.2 Å². The number of halogens is 1. The van der Waals surface area contributed by atoms with Crippen molar-refractivity contribution < 1.29 is 4.98 Å². The Morgan fingerprint density at radius 3 is 3.00 bits per heavy atom. The lowest BCUT2D eigenvalue weighted by Crippen LogP contribution is -2.29. The van der Waals surface area contributed by atoms with E-state index in [1.807, 2.05) is 24.3 Å². The van der Waals surface area contributed by atoms with Crippen LogP contribution in [0.4, 0.5) is 5.69 Å². The third-order valence-electron chi connectivity index (χ3n) is 4.83. The predicted octanol–water partition coefficient (Wildman–Crippen LogP) is 4.05. The fraction of sp³-hybridized carbons (Fsp3) is 0.278. The van der Waals surface area contributed by atoms with Crippen LogP contribution in [0.15, 0.2) is 42.5 Å². The highest BCUT2D eigenvalue weighted by Crippen LogP contribution is 2.45. The van der Waals surface area contributed by atoms with E-state index in [1.54, 1.807) is 0 Å². The highest BCUT2D eigenvalue weighted by Gasteiger charge is 2.36. The maximum absolute atomic E-state index is 6.50. The summed E-state index contributed by atoms with van der Waals surface area (Å²) < 4.78 is 0. The van der Waals surface area contributed by atoms with Gasteiger partial charge in [-0.25, -0.2) is 4.98 Å². The van der Waals surface area contributed by atoms with Crippen LogP contribution in [-0.2, 0) is 6.42 Å². The molecule has 2 aliphatic rings. The molecule has 3 N–H and O–H groups in total. The van der Waals surface area contributed by atoms with Crippen molar-refractivity contribution in [1.82, 2.24) is 0 Å². The largest absolute Gasteiger partial charge is 0.398 e. The van der Waals surface area contributed by atoms with E-state index in [0.717, 1.165) is 34.5 Å². The topological polar surface area (TPSA) is 40.2 Å². The summed E-state index contributed by atoms with van der Waals surface area (Å²) in [7, 11) is 0. The second-order valence-electron chi connectivity index (χ2n) is 6.17. The summed E-state index contributed by atoms with van der Waals surface area (Å²) in [5.41, 5.74) is 12.4. The number of hydrogen-bond donors (Lipinski definition) is 1. The molecule has 0 radical (unpaired) electrons. The van der Waals surface area contributed by atoms with Gasteiger partial charge in [-0.15, -0.1) is 0 Å². The Kier molecular flexibility index (Phi) is 2.83. The molecule has 2 unspecified atom stereocenters. The number of nitrogens with two attached hydrogens (primary N) is 1. The maximum Gasteiger partial charge on any atom is 0.214 e. The molecule has 106 valence electrons. The molecular formula is C18H18ClN2+. The van der Waals surface area contributed by atoms with E-state index < -0.39 is 0 Å². The molecule has 1 aromatic heterocycles. The van der Waals surface area contributed by atoms with Gasteiger partial charge in [0.15, 0.2) is 5.69 Å². The van der Waals surface area contributed by atoms with Crippen LogP contribution in [0, 0.1) is 5.92 Å². The van der Waals surface area contributed by atoms with Gasteiger partial charge >= 0.3 is 0 Å². The summed E-state index contributed by atoms with van der Waals surface area (Å²) in [6.07, 6.45) is 7.63. The minimum absolute atomic E-state index is 0.507. The van der Waals surface area contributed by atoms with Gasteiger partial charge in [-0.3, -0.25) is 0 Å². The number of fused-ring (bicyclic) bond motifs is 5. The Hall–Kier alpha value is -1.80. The average Bonchev–Trinajstić information content (AvgIpc) is 2.46. The van der Waals surface area contributed by atoms with E-state index in [1.165, 1.54) is 23.3 Å². The summed E-state index contributed by atoms with van der Waals surface area (Å²) in [4.78, 5) is 3.57. The molecule has 0 spiro atoms. The monoisotopic (exact) mass is 297 g/mol. The van der Waals surface area contributed by atoms with Crippen LogP contribution in [0.5, 0.6) is 0 Å². The van der Waals surface area contributed by atoms with Gasteiger partial charge in [0, 0.05) is 23.1 Å². The smallest absolute Gasteiger partial charge is 0.214 e. The molecule has 0 fully saturated rings. The summed E-state index contributed by atoms with van der Waals surface area (Å²) in [6.45, 7) is 3.93. The van der Waals surface area contributed by atoms with Gasteiger partial charge in [0.05, 0.1) is 11.1 Å². The summed E-state index contributed by atoms with van der Waals surface area (Å²) in [6, 6.07) is 5.88. The molecule has 0 amide bonds. The van der Waals surface area contributed by atoms with Crippen molar-refractivity contribution in [3.05, 3.63) is 58.8 Å². The molecule has 4 rings (SSSR count).